The largest absolute Gasteiger partial charge is 0.480 e. The topological polar surface area (TPSA) is 142 Å². The van der Waals surface area contributed by atoms with E-state index >= 15 is 0 Å². The zero-order valence-corrected chi connectivity index (χ0v) is 33.1. The first kappa shape index (κ1) is 48.8. The standard InChI is InChI=1S/C42H80N2O7/c1-3-5-7-9-11-13-14-15-16-17-19-20-23-27-31-37(51-41(48)34-30-26-21-18-12-10-8-6-4-2)32-28-24-22-25-29-33-39(46)43-35-40(47)44-38(36-45)42(49)50/h37-38,45H,3-36H2,1-2H3,(H,43,46)(H,44,47)(H,49,50). The summed E-state index contributed by atoms with van der Waals surface area (Å²) >= 11 is 0. The summed E-state index contributed by atoms with van der Waals surface area (Å²) in [5, 5.41) is 22.5. The number of amides is 2. The maximum absolute atomic E-state index is 12.7. The third-order valence-corrected chi connectivity index (χ3v) is 9.85. The highest BCUT2D eigenvalue weighted by Crippen LogP contribution is 2.19. The van der Waals surface area contributed by atoms with Gasteiger partial charge in [0.2, 0.25) is 11.8 Å². The van der Waals surface area contributed by atoms with Gasteiger partial charge in [-0.3, -0.25) is 14.4 Å². The second-order valence-electron chi connectivity index (χ2n) is 14.8. The van der Waals surface area contributed by atoms with Crippen LogP contribution in [0.15, 0.2) is 0 Å². The predicted octanol–water partition coefficient (Wildman–Crippen LogP) is 10.1. The number of hydrogen-bond donors (Lipinski definition) is 4. The third-order valence-electron chi connectivity index (χ3n) is 9.85. The van der Waals surface area contributed by atoms with E-state index in [0.717, 1.165) is 57.8 Å². The van der Waals surface area contributed by atoms with Crippen molar-refractivity contribution in [3.8, 4) is 0 Å². The molecule has 0 saturated carbocycles. The molecular weight excluding hydrogens is 644 g/mol. The van der Waals surface area contributed by atoms with Crippen LogP contribution in [0.1, 0.15) is 219 Å². The Morgan fingerprint density at radius 3 is 1.27 bits per heavy atom. The van der Waals surface area contributed by atoms with Gasteiger partial charge >= 0.3 is 11.9 Å². The molecule has 0 aliphatic heterocycles. The molecular formula is C42H80N2O7. The number of esters is 1. The van der Waals surface area contributed by atoms with Gasteiger partial charge in [-0.05, 0) is 38.5 Å². The fraction of sp³-hybridized carbons (Fsp3) is 0.905. The lowest BCUT2D eigenvalue weighted by molar-refractivity contribution is -0.150. The first-order valence-electron chi connectivity index (χ1n) is 21.4. The first-order chi connectivity index (χ1) is 24.8. The molecule has 0 spiro atoms. The zero-order valence-electron chi connectivity index (χ0n) is 33.1. The van der Waals surface area contributed by atoms with E-state index in [1.165, 1.54) is 128 Å². The molecule has 0 aliphatic rings. The average molecular weight is 725 g/mol. The molecule has 0 rings (SSSR count). The van der Waals surface area contributed by atoms with Crippen LogP contribution in [-0.2, 0) is 23.9 Å². The van der Waals surface area contributed by atoms with E-state index in [1.807, 2.05) is 0 Å². The molecule has 9 heteroatoms. The van der Waals surface area contributed by atoms with Crippen LogP contribution in [0, 0.1) is 0 Å². The van der Waals surface area contributed by atoms with Crippen molar-refractivity contribution in [2.45, 2.75) is 231 Å². The molecule has 0 aromatic rings. The third kappa shape index (κ3) is 34.7. The van der Waals surface area contributed by atoms with Gasteiger partial charge in [-0.1, -0.05) is 168 Å². The molecule has 0 aromatic heterocycles. The number of carboxylic acid groups (broad SMARTS) is 1. The number of hydrogen-bond acceptors (Lipinski definition) is 6. The van der Waals surface area contributed by atoms with Crippen molar-refractivity contribution in [2.24, 2.45) is 0 Å². The summed E-state index contributed by atoms with van der Waals surface area (Å²) in [4.78, 5) is 47.5. The van der Waals surface area contributed by atoms with Crippen LogP contribution < -0.4 is 10.6 Å². The molecule has 4 N–H and O–H groups in total. The van der Waals surface area contributed by atoms with Crippen molar-refractivity contribution in [3.05, 3.63) is 0 Å². The van der Waals surface area contributed by atoms with E-state index in [9.17, 15) is 19.2 Å². The molecule has 0 radical (unpaired) electrons. The van der Waals surface area contributed by atoms with E-state index in [-0.39, 0.29) is 24.5 Å². The smallest absolute Gasteiger partial charge is 0.328 e. The number of ether oxygens (including phenoxy) is 1. The molecule has 0 aromatic carbocycles. The normalized spacial score (nSPS) is 12.4. The second kappa shape index (κ2) is 37.6. The van der Waals surface area contributed by atoms with Crippen LogP contribution in [0.3, 0.4) is 0 Å². The SMILES string of the molecule is CCCCCCCCCCCCCCCCC(CCCCCCCC(=O)NCC(=O)NC(CO)C(=O)O)OC(=O)CCCCCCCCCCC. The van der Waals surface area contributed by atoms with Crippen molar-refractivity contribution in [2.75, 3.05) is 13.2 Å². The number of carbonyl (C=O) groups excluding carboxylic acids is 3. The molecule has 2 unspecified atom stereocenters. The highest BCUT2D eigenvalue weighted by atomic mass is 16.5. The van der Waals surface area contributed by atoms with Crippen molar-refractivity contribution in [1.29, 1.82) is 0 Å². The fourth-order valence-corrected chi connectivity index (χ4v) is 6.54. The van der Waals surface area contributed by atoms with Crippen LogP contribution in [0.25, 0.3) is 0 Å². The van der Waals surface area contributed by atoms with Gasteiger partial charge in [0.15, 0.2) is 0 Å². The monoisotopic (exact) mass is 725 g/mol. The van der Waals surface area contributed by atoms with E-state index in [2.05, 4.69) is 24.5 Å². The summed E-state index contributed by atoms with van der Waals surface area (Å²) in [5.41, 5.74) is 0. The van der Waals surface area contributed by atoms with Crippen LogP contribution in [0.4, 0.5) is 0 Å². The molecule has 0 saturated heterocycles. The van der Waals surface area contributed by atoms with Gasteiger partial charge in [-0.25, -0.2) is 4.79 Å². The summed E-state index contributed by atoms with van der Waals surface area (Å²) in [7, 11) is 0. The Kier molecular flexibility index (Phi) is 36.0. The van der Waals surface area contributed by atoms with E-state index in [4.69, 9.17) is 14.9 Å². The summed E-state index contributed by atoms with van der Waals surface area (Å²) in [6, 6.07) is -1.38. The number of rotatable bonds is 39. The molecule has 300 valence electrons. The molecule has 0 fully saturated rings. The minimum atomic E-state index is -1.38. The lowest BCUT2D eigenvalue weighted by Gasteiger charge is -2.18. The maximum atomic E-state index is 12.7. The van der Waals surface area contributed by atoms with Crippen LogP contribution >= 0.6 is 0 Å². The Hall–Kier alpha value is -2.16. The second-order valence-corrected chi connectivity index (χ2v) is 14.8. The Bertz CT molecular complexity index is 838. The van der Waals surface area contributed by atoms with Gasteiger partial charge in [0, 0.05) is 12.8 Å². The maximum Gasteiger partial charge on any atom is 0.328 e. The summed E-state index contributed by atoms with van der Waals surface area (Å²) in [6.45, 7) is 3.49. The van der Waals surface area contributed by atoms with Gasteiger partial charge in [-0.15, -0.1) is 0 Å². The van der Waals surface area contributed by atoms with Crippen LogP contribution in [0.2, 0.25) is 0 Å². The van der Waals surface area contributed by atoms with Gasteiger partial charge < -0.3 is 25.6 Å². The molecule has 0 bridgehead atoms. The predicted molar refractivity (Wildman–Crippen MR) is 209 cm³/mol. The number of carboxylic acids is 1. The Labute approximate surface area is 312 Å². The fourth-order valence-electron chi connectivity index (χ4n) is 6.54. The number of carbonyl (C=O) groups is 4. The number of unbranched alkanes of at least 4 members (excludes halogenated alkanes) is 25. The van der Waals surface area contributed by atoms with Crippen LogP contribution in [0.5, 0.6) is 0 Å². The van der Waals surface area contributed by atoms with Crippen molar-refractivity contribution >= 4 is 23.8 Å². The van der Waals surface area contributed by atoms with Gasteiger partial charge in [-0.2, -0.15) is 0 Å². The zero-order chi connectivity index (χ0) is 37.6. The molecule has 9 nitrogen and oxygen atoms in total. The summed E-state index contributed by atoms with van der Waals surface area (Å²) < 4.78 is 6.01. The number of aliphatic hydroxyl groups is 1. The van der Waals surface area contributed by atoms with Gasteiger partial charge in [0.05, 0.1) is 13.2 Å². The molecule has 2 atom stereocenters. The molecule has 2 amide bonds. The van der Waals surface area contributed by atoms with Crippen LogP contribution in [-0.4, -0.2) is 59.3 Å². The molecule has 51 heavy (non-hydrogen) atoms. The quantitative estimate of drug-likeness (QED) is 0.0365. The van der Waals surface area contributed by atoms with Crippen molar-refractivity contribution < 1.29 is 34.1 Å². The Balaban J connectivity index is 4.26. The lowest BCUT2D eigenvalue weighted by Crippen LogP contribution is -2.47. The van der Waals surface area contributed by atoms with Gasteiger partial charge in [0.25, 0.3) is 0 Å². The first-order valence-corrected chi connectivity index (χ1v) is 21.4. The number of aliphatic carboxylic acids is 1. The summed E-state index contributed by atoms with van der Waals surface area (Å²) in [6.07, 6.45) is 37.0. The molecule has 0 aliphatic carbocycles. The highest BCUT2D eigenvalue weighted by molar-refractivity contribution is 5.87. The van der Waals surface area contributed by atoms with Gasteiger partial charge in [0.1, 0.15) is 12.1 Å². The lowest BCUT2D eigenvalue weighted by atomic mass is 10.0. The minimum absolute atomic E-state index is 0.00289. The Morgan fingerprint density at radius 1 is 0.510 bits per heavy atom. The minimum Gasteiger partial charge on any atom is -0.480 e. The number of aliphatic hydroxyl groups excluding tert-OH is 1. The van der Waals surface area contributed by atoms with E-state index in [0.29, 0.717) is 19.3 Å². The summed E-state index contributed by atoms with van der Waals surface area (Å²) in [5.74, 6) is -2.27. The highest BCUT2D eigenvalue weighted by Gasteiger charge is 2.19. The number of nitrogens with one attached hydrogen (secondary N) is 2. The van der Waals surface area contributed by atoms with Crippen molar-refractivity contribution in [3.63, 3.8) is 0 Å². The average Bonchev–Trinajstić information content (AvgIpc) is 3.11. The van der Waals surface area contributed by atoms with Crippen molar-refractivity contribution in [1.82, 2.24) is 10.6 Å². The van der Waals surface area contributed by atoms with E-state index in [1.54, 1.807) is 0 Å². The Morgan fingerprint density at radius 2 is 0.882 bits per heavy atom. The van der Waals surface area contributed by atoms with E-state index < -0.39 is 24.5 Å². The molecule has 0 heterocycles.